The highest BCUT2D eigenvalue weighted by atomic mass is 32.2. The van der Waals surface area contributed by atoms with E-state index in [4.69, 9.17) is 10.9 Å². The summed E-state index contributed by atoms with van der Waals surface area (Å²) in [6, 6.07) is 0. The van der Waals surface area contributed by atoms with Crippen LogP contribution in [0.2, 0.25) is 0 Å². The molecule has 0 radical (unpaired) electrons. The highest BCUT2D eigenvalue weighted by Crippen LogP contribution is 1.99. The van der Waals surface area contributed by atoms with Gasteiger partial charge in [-0.2, -0.15) is 11.8 Å². The molecule has 6 heteroatoms. The normalized spacial score (nSPS) is 11.4. The van der Waals surface area contributed by atoms with E-state index in [0.717, 1.165) is 5.75 Å². The predicted molar refractivity (Wildman–Crippen MR) is 58.7 cm³/mol. The Morgan fingerprint density at radius 2 is 2.21 bits per heavy atom. The topological polar surface area (TPSA) is 78.9 Å². The van der Waals surface area contributed by atoms with Crippen molar-refractivity contribution >= 4 is 23.5 Å². The first-order valence-electron chi connectivity index (χ1n) is 4.31. The van der Waals surface area contributed by atoms with Gasteiger partial charge < -0.3 is 15.8 Å². The molecule has 0 aliphatic rings. The number of amides is 1. The number of nitrogens with two attached hydrogens (primary N) is 1. The number of thioether (sulfide) groups is 1. The Morgan fingerprint density at radius 1 is 1.57 bits per heavy atom. The largest absolute Gasteiger partial charge is 0.409 e. The summed E-state index contributed by atoms with van der Waals surface area (Å²) in [5.74, 6) is 1.06. The van der Waals surface area contributed by atoms with Crippen LogP contribution in [0.3, 0.4) is 0 Å². The maximum atomic E-state index is 11.4. The number of oxime groups is 1. The zero-order valence-electron chi connectivity index (χ0n) is 8.56. The van der Waals surface area contributed by atoms with Crippen molar-refractivity contribution in [2.24, 2.45) is 10.9 Å². The van der Waals surface area contributed by atoms with Crippen molar-refractivity contribution in [1.82, 2.24) is 4.90 Å². The van der Waals surface area contributed by atoms with E-state index in [-0.39, 0.29) is 11.7 Å². The third-order valence-electron chi connectivity index (χ3n) is 1.78. The van der Waals surface area contributed by atoms with Crippen molar-refractivity contribution < 1.29 is 10.0 Å². The number of carbonyl (C=O) groups is 1. The molecule has 0 aliphatic carbocycles. The van der Waals surface area contributed by atoms with Crippen molar-refractivity contribution in [3.63, 3.8) is 0 Å². The molecule has 0 unspecified atom stereocenters. The number of amidine groups is 1. The molecule has 0 rings (SSSR count). The highest BCUT2D eigenvalue weighted by Gasteiger charge is 2.08. The Balaban J connectivity index is 3.72. The quantitative estimate of drug-likeness (QED) is 0.292. The lowest BCUT2D eigenvalue weighted by Crippen LogP contribution is -2.30. The van der Waals surface area contributed by atoms with E-state index in [1.165, 1.54) is 0 Å². The van der Waals surface area contributed by atoms with E-state index in [2.05, 4.69) is 5.16 Å². The van der Waals surface area contributed by atoms with Gasteiger partial charge in [0, 0.05) is 32.2 Å². The second kappa shape index (κ2) is 7.49. The van der Waals surface area contributed by atoms with Gasteiger partial charge in [-0.1, -0.05) is 5.16 Å². The maximum absolute atomic E-state index is 11.4. The molecule has 0 fully saturated rings. The Kier molecular flexibility index (Phi) is 7.00. The molecule has 1 amide bonds. The smallest absolute Gasteiger partial charge is 0.223 e. The van der Waals surface area contributed by atoms with Crippen LogP contribution in [0, 0.1) is 0 Å². The standard InChI is InChI=1S/C8H17N3O2S/c1-11(5-3-7(9)10-13)8(12)4-6-14-2/h13H,3-6H2,1-2H3,(H2,9,10). The Bertz CT molecular complexity index is 209. The van der Waals surface area contributed by atoms with E-state index in [1.54, 1.807) is 23.7 Å². The molecule has 0 aromatic carbocycles. The van der Waals surface area contributed by atoms with Crippen LogP contribution >= 0.6 is 11.8 Å². The van der Waals surface area contributed by atoms with Crippen LogP contribution in [-0.2, 0) is 4.79 Å². The summed E-state index contributed by atoms with van der Waals surface area (Å²) in [6.07, 6.45) is 2.90. The van der Waals surface area contributed by atoms with Crippen LogP contribution in [-0.4, -0.2) is 47.5 Å². The van der Waals surface area contributed by atoms with Crippen LogP contribution < -0.4 is 5.73 Å². The lowest BCUT2D eigenvalue weighted by molar-refractivity contribution is -0.129. The molecular formula is C8H17N3O2S. The highest BCUT2D eigenvalue weighted by molar-refractivity contribution is 7.98. The van der Waals surface area contributed by atoms with Crippen molar-refractivity contribution in [2.45, 2.75) is 12.8 Å². The van der Waals surface area contributed by atoms with Crippen molar-refractivity contribution in [3.8, 4) is 0 Å². The van der Waals surface area contributed by atoms with Crippen LogP contribution in [0.1, 0.15) is 12.8 Å². The van der Waals surface area contributed by atoms with Gasteiger partial charge in [-0.3, -0.25) is 4.79 Å². The van der Waals surface area contributed by atoms with E-state index in [9.17, 15) is 4.79 Å². The summed E-state index contributed by atoms with van der Waals surface area (Å²) < 4.78 is 0. The van der Waals surface area contributed by atoms with Gasteiger partial charge in [0.15, 0.2) is 0 Å². The number of rotatable bonds is 6. The second-order valence-electron chi connectivity index (χ2n) is 2.90. The van der Waals surface area contributed by atoms with Crippen LogP contribution in [0.5, 0.6) is 0 Å². The van der Waals surface area contributed by atoms with Gasteiger partial charge in [0.05, 0.1) is 0 Å². The molecule has 0 heterocycles. The Hall–Kier alpha value is -0.910. The van der Waals surface area contributed by atoms with Gasteiger partial charge in [0.2, 0.25) is 5.91 Å². The fourth-order valence-corrected chi connectivity index (χ4v) is 1.22. The SMILES string of the molecule is CSCCC(=O)N(C)CCC(N)=NO. The van der Waals surface area contributed by atoms with Crippen molar-refractivity contribution in [2.75, 3.05) is 25.6 Å². The monoisotopic (exact) mass is 219 g/mol. The lowest BCUT2D eigenvalue weighted by atomic mass is 10.3. The fraction of sp³-hybridized carbons (Fsp3) is 0.750. The van der Waals surface area contributed by atoms with Crippen molar-refractivity contribution in [1.29, 1.82) is 0 Å². The van der Waals surface area contributed by atoms with Crippen LogP contribution in [0.4, 0.5) is 0 Å². The Labute approximate surface area is 88.3 Å². The molecule has 82 valence electrons. The second-order valence-corrected chi connectivity index (χ2v) is 3.89. The molecule has 0 saturated heterocycles. The minimum Gasteiger partial charge on any atom is -0.409 e. The van der Waals surface area contributed by atoms with Crippen LogP contribution in [0.15, 0.2) is 5.16 Å². The first-order chi connectivity index (χ1) is 6.61. The lowest BCUT2D eigenvalue weighted by Gasteiger charge is -2.16. The van der Waals surface area contributed by atoms with Gasteiger partial charge in [-0.25, -0.2) is 0 Å². The Morgan fingerprint density at radius 3 is 2.71 bits per heavy atom. The molecule has 0 saturated carbocycles. The minimum atomic E-state index is 0.0880. The molecule has 0 atom stereocenters. The third kappa shape index (κ3) is 5.69. The zero-order chi connectivity index (χ0) is 11.0. The molecule has 3 N–H and O–H groups in total. The first-order valence-corrected chi connectivity index (χ1v) is 5.70. The van der Waals surface area contributed by atoms with Gasteiger partial charge in [-0.05, 0) is 6.26 Å². The summed E-state index contributed by atoms with van der Waals surface area (Å²) in [4.78, 5) is 13.0. The molecule has 0 bridgehead atoms. The van der Waals surface area contributed by atoms with E-state index in [1.807, 2.05) is 6.26 Å². The van der Waals surface area contributed by atoms with Crippen molar-refractivity contribution in [3.05, 3.63) is 0 Å². The van der Waals surface area contributed by atoms with Gasteiger partial charge in [0.1, 0.15) is 5.84 Å². The average molecular weight is 219 g/mol. The molecule has 0 aliphatic heterocycles. The summed E-state index contributed by atoms with van der Waals surface area (Å²) in [6.45, 7) is 0.489. The van der Waals surface area contributed by atoms with Gasteiger partial charge in [0.25, 0.3) is 0 Å². The molecule has 0 spiro atoms. The van der Waals surface area contributed by atoms with E-state index < -0.39 is 0 Å². The molecule has 0 aromatic heterocycles. The fourth-order valence-electron chi connectivity index (χ4n) is 0.837. The molecule has 14 heavy (non-hydrogen) atoms. The van der Waals surface area contributed by atoms with Gasteiger partial charge >= 0.3 is 0 Å². The van der Waals surface area contributed by atoms with E-state index >= 15 is 0 Å². The number of carbonyl (C=O) groups excluding carboxylic acids is 1. The molecule has 5 nitrogen and oxygen atoms in total. The van der Waals surface area contributed by atoms with E-state index in [0.29, 0.717) is 19.4 Å². The summed E-state index contributed by atoms with van der Waals surface area (Å²) in [7, 11) is 1.72. The zero-order valence-corrected chi connectivity index (χ0v) is 9.38. The number of nitrogens with zero attached hydrogens (tertiary/aromatic N) is 2. The summed E-state index contributed by atoms with van der Waals surface area (Å²) in [5.41, 5.74) is 5.28. The third-order valence-corrected chi connectivity index (χ3v) is 2.39. The van der Waals surface area contributed by atoms with Crippen LogP contribution in [0.25, 0.3) is 0 Å². The van der Waals surface area contributed by atoms with Gasteiger partial charge in [-0.15, -0.1) is 0 Å². The number of hydrogen-bond donors (Lipinski definition) is 2. The first kappa shape index (κ1) is 13.1. The average Bonchev–Trinajstić information content (AvgIpc) is 2.21. The number of hydrogen-bond acceptors (Lipinski definition) is 4. The summed E-state index contributed by atoms with van der Waals surface area (Å²) in [5, 5.41) is 11.1. The predicted octanol–water partition coefficient (Wildman–Crippen LogP) is 0.334. The molecule has 0 aromatic rings. The maximum Gasteiger partial charge on any atom is 0.223 e. The minimum absolute atomic E-state index is 0.0880. The molecular weight excluding hydrogens is 202 g/mol. The summed E-state index contributed by atoms with van der Waals surface area (Å²) >= 11 is 1.64.